The highest BCUT2D eigenvalue weighted by Crippen LogP contribution is 2.25. The second kappa shape index (κ2) is 5.22. The van der Waals surface area contributed by atoms with Crippen LogP contribution in [0, 0.1) is 0 Å². The molecule has 0 aliphatic rings. The molecular formula is C18H20. The minimum atomic E-state index is 0.569. The average Bonchev–Trinajstić information content (AvgIpc) is 2.39. The highest BCUT2D eigenvalue weighted by atomic mass is 14.1. The Morgan fingerprint density at radius 2 is 1.61 bits per heavy atom. The Labute approximate surface area is 110 Å². The van der Waals surface area contributed by atoms with Crippen molar-refractivity contribution in [3.63, 3.8) is 0 Å². The number of allylic oxidation sites excluding steroid dienone is 1. The molecule has 0 bridgehead atoms. The third kappa shape index (κ3) is 2.70. The fourth-order valence-electron chi connectivity index (χ4n) is 2.02. The highest BCUT2D eigenvalue weighted by Gasteiger charge is 2.02. The minimum absolute atomic E-state index is 0.569. The van der Waals surface area contributed by atoms with Crippen molar-refractivity contribution in [3.05, 3.63) is 66.2 Å². The van der Waals surface area contributed by atoms with E-state index in [1.165, 1.54) is 22.3 Å². The zero-order chi connectivity index (χ0) is 13.1. The standard InChI is InChI=1S/C18H20/c1-13(2)15-8-10-16(11-9-15)18-7-5-6-17(12-18)14(3)4/h5-12,14H,1H2,2-4H3. The quantitative estimate of drug-likeness (QED) is 0.659. The van der Waals surface area contributed by atoms with Crippen LogP contribution in [0.3, 0.4) is 0 Å². The van der Waals surface area contributed by atoms with Crippen molar-refractivity contribution in [2.24, 2.45) is 0 Å². The van der Waals surface area contributed by atoms with Crippen LogP contribution >= 0.6 is 0 Å². The van der Waals surface area contributed by atoms with Crippen molar-refractivity contribution < 1.29 is 0 Å². The molecule has 0 amide bonds. The maximum Gasteiger partial charge on any atom is -0.0181 e. The molecule has 0 unspecified atom stereocenters. The normalized spacial score (nSPS) is 10.7. The third-order valence-corrected chi connectivity index (χ3v) is 3.26. The van der Waals surface area contributed by atoms with Crippen LogP contribution in [0.5, 0.6) is 0 Å². The molecule has 2 rings (SSSR count). The van der Waals surface area contributed by atoms with E-state index in [1.807, 2.05) is 6.92 Å². The smallest absolute Gasteiger partial charge is 0.0181 e. The Morgan fingerprint density at radius 1 is 0.944 bits per heavy atom. The molecule has 0 aliphatic carbocycles. The van der Waals surface area contributed by atoms with E-state index in [4.69, 9.17) is 0 Å². The van der Waals surface area contributed by atoms with Crippen LogP contribution in [0.1, 0.15) is 37.8 Å². The third-order valence-electron chi connectivity index (χ3n) is 3.26. The van der Waals surface area contributed by atoms with Crippen molar-refractivity contribution in [1.29, 1.82) is 0 Å². The van der Waals surface area contributed by atoms with Gasteiger partial charge in [-0.2, -0.15) is 0 Å². The van der Waals surface area contributed by atoms with Gasteiger partial charge in [-0.1, -0.05) is 74.5 Å². The average molecular weight is 236 g/mol. The van der Waals surface area contributed by atoms with Gasteiger partial charge in [-0.05, 0) is 35.1 Å². The number of rotatable bonds is 3. The second-order valence-electron chi connectivity index (χ2n) is 5.14. The summed E-state index contributed by atoms with van der Waals surface area (Å²) in [6.07, 6.45) is 0. The summed E-state index contributed by atoms with van der Waals surface area (Å²) < 4.78 is 0. The van der Waals surface area contributed by atoms with Crippen molar-refractivity contribution in [2.45, 2.75) is 26.7 Å². The molecule has 0 heterocycles. The second-order valence-corrected chi connectivity index (χ2v) is 5.14. The fraction of sp³-hybridized carbons (Fsp3) is 0.222. The molecule has 0 spiro atoms. The molecule has 18 heavy (non-hydrogen) atoms. The van der Waals surface area contributed by atoms with E-state index >= 15 is 0 Å². The van der Waals surface area contributed by atoms with Gasteiger partial charge in [-0.15, -0.1) is 0 Å². The van der Waals surface area contributed by atoms with Gasteiger partial charge in [0.1, 0.15) is 0 Å². The molecule has 92 valence electrons. The molecule has 0 atom stereocenters. The fourth-order valence-corrected chi connectivity index (χ4v) is 2.02. The van der Waals surface area contributed by atoms with Gasteiger partial charge in [0.2, 0.25) is 0 Å². The number of hydrogen-bond donors (Lipinski definition) is 0. The lowest BCUT2D eigenvalue weighted by atomic mass is 9.96. The van der Waals surface area contributed by atoms with Gasteiger partial charge in [-0.3, -0.25) is 0 Å². The zero-order valence-electron chi connectivity index (χ0n) is 11.4. The van der Waals surface area contributed by atoms with Crippen molar-refractivity contribution in [2.75, 3.05) is 0 Å². The molecule has 0 heteroatoms. The Kier molecular flexibility index (Phi) is 3.66. The monoisotopic (exact) mass is 236 g/mol. The van der Waals surface area contributed by atoms with Gasteiger partial charge in [0.05, 0.1) is 0 Å². The lowest BCUT2D eigenvalue weighted by Gasteiger charge is -2.09. The summed E-state index contributed by atoms with van der Waals surface area (Å²) in [6.45, 7) is 10.5. The first-order chi connectivity index (χ1) is 8.58. The van der Waals surface area contributed by atoms with Crippen LogP contribution < -0.4 is 0 Å². The van der Waals surface area contributed by atoms with Crippen LogP contribution in [0.25, 0.3) is 16.7 Å². The van der Waals surface area contributed by atoms with Crippen molar-refractivity contribution in [3.8, 4) is 11.1 Å². The molecule has 0 saturated heterocycles. The maximum absolute atomic E-state index is 3.97. The largest absolute Gasteiger partial charge is 0.0955 e. The summed E-state index contributed by atoms with van der Waals surface area (Å²) in [6, 6.07) is 17.4. The summed E-state index contributed by atoms with van der Waals surface area (Å²) in [7, 11) is 0. The summed E-state index contributed by atoms with van der Waals surface area (Å²) in [4.78, 5) is 0. The van der Waals surface area contributed by atoms with Crippen LogP contribution in [0.4, 0.5) is 0 Å². The van der Waals surface area contributed by atoms with Gasteiger partial charge in [0.25, 0.3) is 0 Å². The van der Waals surface area contributed by atoms with Gasteiger partial charge < -0.3 is 0 Å². The molecule has 2 aromatic rings. The van der Waals surface area contributed by atoms with E-state index in [0.717, 1.165) is 5.57 Å². The van der Waals surface area contributed by atoms with E-state index < -0.39 is 0 Å². The Hall–Kier alpha value is -1.82. The van der Waals surface area contributed by atoms with Crippen LogP contribution in [0.15, 0.2) is 55.1 Å². The Morgan fingerprint density at radius 3 is 2.17 bits per heavy atom. The molecule has 0 saturated carbocycles. The molecule has 2 aromatic carbocycles. The number of hydrogen-bond acceptors (Lipinski definition) is 0. The Balaban J connectivity index is 2.36. The SMILES string of the molecule is C=C(C)c1ccc(-c2cccc(C(C)C)c2)cc1. The molecule has 0 fully saturated rings. The summed E-state index contributed by atoms with van der Waals surface area (Å²) >= 11 is 0. The molecule has 0 aromatic heterocycles. The van der Waals surface area contributed by atoms with E-state index in [1.54, 1.807) is 0 Å². The van der Waals surface area contributed by atoms with E-state index in [2.05, 4.69) is 69.0 Å². The lowest BCUT2D eigenvalue weighted by molar-refractivity contribution is 0.867. The maximum atomic E-state index is 3.97. The van der Waals surface area contributed by atoms with Crippen LogP contribution in [0.2, 0.25) is 0 Å². The summed E-state index contributed by atoms with van der Waals surface area (Å²) in [5.74, 6) is 0.569. The summed E-state index contributed by atoms with van der Waals surface area (Å²) in [5.41, 5.74) is 6.25. The predicted octanol–water partition coefficient (Wildman–Crippen LogP) is 5.51. The van der Waals surface area contributed by atoms with Crippen molar-refractivity contribution in [1.82, 2.24) is 0 Å². The van der Waals surface area contributed by atoms with Crippen LogP contribution in [-0.2, 0) is 0 Å². The van der Waals surface area contributed by atoms with Gasteiger partial charge in [0, 0.05) is 0 Å². The first-order valence-corrected chi connectivity index (χ1v) is 6.44. The van der Waals surface area contributed by atoms with E-state index in [0.29, 0.717) is 5.92 Å². The molecule has 0 radical (unpaired) electrons. The highest BCUT2D eigenvalue weighted by molar-refractivity contribution is 5.69. The van der Waals surface area contributed by atoms with Crippen molar-refractivity contribution >= 4 is 5.57 Å². The number of benzene rings is 2. The molecule has 0 N–H and O–H groups in total. The van der Waals surface area contributed by atoms with E-state index in [-0.39, 0.29) is 0 Å². The van der Waals surface area contributed by atoms with Gasteiger partial charge >= 0.3 is 0 Å². The van der Waals surface area contributed by atoms with Crippen LogP contribution in [-0.4, -0.2) is 0 Å². The molecular weight excluding hydrogens is 216 g/mol. The lowest BCUT2D eigenvalue weighted by Crippen LogP contribution is -1.88. The first kappa shape index (κ1) is 12.6. The van der Waals surface area contributed by atoms with E-state index in [9.17, 15) is 0 Å². The molecule has 0 nitrogen and oxygen atoms in total. The summed E-state index contributed by atoms with van der Waals surface area (Å²) in [5, 5.41) is 0. The topological polar surface area (TPSA) is 0 Å². The Bertz CT molecular complexity index is 545. The van der Waals surface area contributed by atoms with Gasteiger partial charge in [-0.25, -0.2) is 0 Å². The predicted molar refractivity (Wildman–Crippen MR) is 80.7 cm³/mol. The first-order valence-electron chi connectivity index (χ1n) is 6.44. The zero-order valence-corrected chi connectivity index (χ0v) is 11.4. The minimum Gasteiger partial charge on any atom is -0.0955 e. The molecule has 0 aliphatic heterocycles. The van der Waals surface area contributed by atoms with Gasteiger partial charge in [0.15, 0.2) is 0 Å².